The molecule has 8 heteroatoms. The summed E-state index contributed by atoms with van der Waals surface area (Å²) >= 11 is 0. The maximum absolute atomic E-state index is 14.7. The molecule has 31 heavy (non-hydrogen) atoms. The van der Waals surface area contributed by atoms with E-state index in [1.54, 1.807) is 26.1 Å². The van der Waals surface area contributed by atoms with Gasteiger partial charge in [0.2, 0.25) is 0 Å². The number of hydrogen-bond acceptors (Lipinski definition) is 5. The Balaban J connectivity index is 1.72. The predicted molar refractivity (Wildman–Crippen MR) is 118 cm³/mol. The molecular formula is C23H26FN5O2. The lowest BCUT2D eigenvalue weighted by Gasteiger charge is -2.18. The van der Waals surface area contributed by atoms with Crippen LogP contribution in [0.3, 0.4) is 0 Å². The monoisotopic (exact) mass is 423 g/mol. The minimum absolute atomic E-state index is 0.0354. The molecule has 1 aliphatic carbocycles. The molecule has 1 fully saturated rings. The summed E-state index contributed by atoms with van der Waals surface area (Å²) in [6.45, 7) is 5.59. The van der Waals surface area contributed by atoms with Gasteiger partial charge in [-0.3, -0.25) is 9.20 Å². The van der Waals surface area contributed by atoms with Crippen molar-refractivity contribution >= 4 is 23.4 Å². The Bertz CT molecular complexity index is 1160. The van der Waals surface area contributed by atoms with Crippen molar-refractivity contribution in [2.45, 2.75) is 45.3 Å². The molecule has 0 aliphatic heterocycles. The molecule has 3 N–H and O–H groups in total. The molecule has 0 spiro atoms. The number of carbonyl (C=O) groups is 1. The van der Waals surface area contributed by atoms with Crippen LogP contribution in [0.15, 0.2) is 36.7 Å². The molecule has 0 saturated heterocycles. The Morgan fingerprint density at radius 1 is 1.39 bits per heavy atom. The highest BCUT2D eigenvalue weighted by atomic mass is 19.1. The quantitative estimate of drug-likeness (QED) is 0.540. The van der Waals surface area contributed by atoms with Crippen LogP contribution in [-0.4, -0.2) is 43.6 Å². The fraction of sp³-hybridized carbons (Fsp3) is 0.348. The number of hydrogen-bond donors (Lipinski definition) is 3. The second-order valence-corrected chi connectivity index (χ2v) is 8.46. The minimum atomic E-state index is -0.926. The molecule has 2 aromatic heterocycles. The first-order chi connectivity index (χ1) is 14.7. The molecule has 0 bridgehead atoms. The van der Waals surface area contributed by atoms with Crippen molar-refractivity contribution in [3.63, 3.8) is 0 Å². The first-order valence-electron chi connectivity index (χ1n) is 10.3. The third-order valence-corrected chi connectivity index (χ3v) is 4.96. The van der Waals surface area contributed by atoms with Gasteiger partial charge < -0.3 is 15.7 Å². The van der Waals surface area contributed by atoms with Gasteiger partial charge in [-0.15, -0.1) is 0 Å². The van der Waals surface area contributed by atoms with E-state index >= 15 is 0 Å². The fourth-order valence-corrected chi connectivity index (χ4v) is 3.24. The van der Waals surface area contributed by atoms with E-state index in [1.807, 2.05) is 29.7 Å². The maximum Gasteiger partial charge on any atom is 0.254 e. The highest BCUT2D eigenvalue weighted by molar-refractivity contribution is 5.95. The number of nitrogens with zero attached hydrogens (tertiary/aromatic N) is 3. The number of halogens is 1. The van der Waals surface area contributed by atoms with Gasteiger partial charge in [-0.2, -0.15) is 0 Å². The second kappa shape index (κ2) is 8.11. The number of aliphatic hydroxyl groups is 1. The van der Waals surface area contributed by atoms with Gasteiger partial charge in [0.1, 0.15) is 5.82 Å². The molecule has 1 amide bonds. The summed E-state index contributed by atoms with van der Waals surface area (Å²) in [4.78, 5) is 21.3. The van der Waals surface area contributed by atoms with Crippen LogP contribution in [-0.2, 0) is 0 Å². The number of carbonyl (C=O) groups excluding carboxylic acids is 1. The Labute approximate surface area is 180 Å². The molecule has 4 rings (SSSR count). The van der Waals surface area contributed by atoms with Crippen molar-refractivity contribution in [3.8, 4) is 11.3 Å². The summed E-state index contributed by atoms with van der Waals surface area (Å²) in [7, 11) is 0. The Morgan fingerprint density at radius 3 is 2.81 bits per heavy atom. The van der Waals surface area contributed by atoms with E-state index in [0.717, 1.165) is 12.8 Å². The van der Waals surface area contributed by atoms with Crippen LogP contribution in [0.1, 0.15) is 49.7 Å². The number of benzene rings is 1. The molecule has 1 saturated carbocycles. The van der Waals surface area contributed by atoms with E-state index in [0.29, 0.717) is 28.4 Å². The molecule has 0 radical (unpaired) electrons. The van der Waals surface area contributed by atoms with Crippen LogP contribution in [0, 0.1) is 5.82 Å². The van der Waals surface area contributed by atoms with Gasteiger partial charge >= 0.3 is 0 Å². The summed E-state index contributed by atoms with van der Waals surface area (Å²) in [5.41, 5.74) is 1.62. The van der Waals surface area contributed by atoms with Crippen molar-refractivity contribution in [2.75, 3.05) is 11.9 Å². The number of anilines is 1. The largest absolute Gasteiger partial charge is 0.389 e. The van der Waals surface area contributed by atoms with Crippen LogP contribution in [0.25, 0.3) is 23.0 Å². The summed E-state index contributed by atoms with van der Waals surface area (Å²) in [6, 6.07) is 4.74. The molecule has 3 aromatic rings. The number of rotatable bonds is 7. The lowest BCUT2D eigenvalue weighted by Crippen LogP contribution is -2.29. The fourth-order valence-electron chi connectivity index (χ4n) is 3.24. The molecule has 2 heterocycles. The zero-order valence-electron chi connectivity index (χ0n) is 17.8. The lowest BCUT2D eigenvalue weighted by molar-refractivity contribution is 0.0938. The standard InChI is InChI=1S/C23H26FN5O2/c1-4-5-16-12-29-19(11-25-21(29)20(27-16)26-13-23(2,3)31)14-6-9-17(18(24)10-14)22(30)28-15-7-8-15/h4-6,9-12,15,31H,7-8,13H2,1-3H3,(H,26,27)(H,28,30)/b5-4+. The summed E-state index contributed by atoms with van der Waals surface area (Å²) in [5, 5.41) is 16.0. The number of allylic oxidation sites excluding steroid dienone is 1. The summed E-state index contributed by atoms with van der Waals surface area (Å²) in [6.07, 6.45) is 9.07. The van der Waals surface area contributed by atoms with Crippen molar-refractivity contribution in [1.82, 2.24) is 19.7 Å². The zero-order chi connectivity index (χ0) is 22.2. The van der Waals surface area contributed by atoms with Crippen molar-refractivity contribution in [2.24, 2.45) is 0 Å². The topological polar surface area (TPSA) is 91.5 Å². The van der Waals surface area contributed by atoms with E-state index in [2.05, 4.69) is 20.6 Å². The maximum atomic E-state index is 14.7. The van der Waals surface area contributed by atoms with Gasteiger partial charge in [0.25, 0.3) is 5.91 Å². The van der Waals surface area contributed by atoms with Crippen LogP contribution in [0.4, 0.5) is 10.2 Å². The van der Waals surface area contributed by atoms with Crippen LogP contribution in [0.2, 0.25) is 0 Å². The average Bonchev–Trinajstić information content (AvgIpc) is 3.41. The SMILES string of the molecule is C/C=C/c1cn2c(-c3ccc(C(=O)NC4CC4)c(F)c3)cnc2c(NCC(C)(C)O)n1. The zero-order valence-corrected chi connectivity index (χ0v) is 17.8. The van der Waals surface area contributed by atoms with Gasteiger partial charge in [0, 0.05) is 24.3 Å². The third kappa shape index (κ3) is 4.74. The van der Waals surface area contributed by atoms with Crippen molar-refractivity contribution in [3.05, 3.63) is 53.7 Å². The molecule has 162 valence electrons. The van der Waals surface area contributed by atoms with Crippen LogP contribution in [0.5, 0.6) is 0 Å². The lowest BCUT2D eigenvalue weighted by atomic mass is 10.1. The molecular weight excluding hydrogens is 397 g/mol. The Kier molecular flexibility index (Phi) is 5.49. The summed E-state index contributed by atoms with van der Waals surface area (Å²) < 4.78 is 16.6. The average molecular weight is 423 g/mol. The Morgan fingerprint density at radius 2 is 2.16 bits per heavy atom. The second-order valence-electron chi connectivity index (χ2n) is 8.46. The van der Waals surface area contributed by atoms with E-state index in [-0.39, 0.29) is 24.1 Å². The first kappa shape index (κ1) is 21.0. The van der Waals surface area contributed by atoms with Gasteiger partial charge in [-0.1, -0.05) is 12.1 Å². The minimum Gasteiger partial charge on any atom is -0.389 e. The number of nitrogens with one attached hydrogen (secondary N) is 2. The number of amides is 1. The molecule has 7 nitrogen and oxygen atoms in total. The number of aromatic nitrogens is 3. The first-order valence-corrected chi connectivity index (χ1v) is 10.3. The molecule has 0 atom stereocenters. The van der Waals surface area contributed by atoms with Crippen molar-refractivity contribution in [1.29, 1.82) is 0 Å². The molecule has 1 aromatic carbocycles. The molecule has 0 unspecified atom stereocenters. The normalized spacial score (nSPS) is 14.4. The predicted octanol–water partition coefficient (Wildman–Crippen LogP) is 3.64. The van der Waals surface area contributed by atoms with Gasteiger partial charge in [0.05, 0.1) is 28.7 Å². The van der Waals surface area contributed by atoms with Crippen LogP contribution >= 0.6 is 0 Å². The molecule has 1 aliphatic rings. The number of fused-ring (bicyclic) bond motifs is 1. The van der Waals surface area contributed by atoms with Gasteiger partial charge in [-0.05, 0) is 51.8 Å². The summed E-state index contributed by atoms with van der Waals surface area (Å²) in [5.74, 6) is -0.444. The third-order valence-electron chi connectivity index (χ3n) is 4.96. The highest BCUT2D eigenvalue weighted by Crippen LogP contribution is 2.27. The number of imidazole rings is 1. The highest BCUT2D eigenvalue weighted by Gasteiger charge is 2.25. The van der Waals surface area contributed by atoms with Crippen molar-refractivity contribution < 1.29 is 14.3 Å². The van der Waals surface area contributed by atoms with Crippen LogP contribution < -0.4 is 10.6 Å². The Hall–Kier alpha value is -3.26. The van der Waals surface area contributed by atoms with Gasteiger partial charge in [0.15, 0.2) is 11.5 Å². The van der Waals surface area contributed by atoms with E-state index < -0.39 is 11.4 Å². The van der Waals surface area contributed by atoms with E-state index in [9.17, 15) is 14.3 Å². The van der Waals surface area contributed by atoms with E-state index in [4.69, 9.17) is 0 Å². The van der Waals surface area contributed by atoms with E-state index in [1.165, 1.54) is 12.1 Å². The van der Waals surface area contributed by atoms with Gasteiger partial charge in [-0.25, -0.2) is 14.4 Å². The smallest absolute Gasteiger partial charge is 0.254 e.